The van der Waals surface area contributed by atoms with Crippen LogP contribution in [-0.4, -0.2) is 73.8 Å². The third kappa shape index (κ3) is 11.3. The maximum absolute atomic E-state index is 15.6. The number of carbonyl (C=O) groups excluding carboxylic acids is 5. The molecule has 0 radical (unpaired) electrons. The molecule has 4 aromatic carbocycles. The number of azo groups is 1. The molecule has 1 N–H and O–H groups in total. The van der Waals surface area contributed by atoms with Gasteiger partial charge in [-0.3, -0.25) is 24.0 Å². The SMILES string of the molecule is COc1ccc(NC(=O)[C@@]2(c3ccccc3)SC(N(C)Cc3ccccc3)=C(N=Nc3ccc(Cl)cc3)[C@@H]2[C@@H](OC(C)=O)[C@H](OC(C)=O)[C@@H](COC(C)=O)OC(C)=O)cc1. The van der Waals surface area contributed by atoms with Gasteiger partial charge >= 0.3 is 23.9 Å². The summed E-state index contributed by atoms with van der Waals surface area (Å²) in [4.78, 5) is 68.8. The Morgan fingerprint density at radius 1 is 0.767 bits per heavy atom. The zero-order valence-corrected chi connectivity index (χ0v) is 35.4. The van der Waals surface area contributed by atoms with E-state index in [1.807, 2.05) is 42.3 Å². The van der Waals surface area contributed by atoms with Gasteiger partial charge in [-0.1, -0.05) is 84.0 Å². The van der Waals surface area contributed by atoms with E-state index in [1.54, 1.807) is 78.9 Å². The number of carbonyl (C=O) groups is 5. The highest BCUT2D eigenvalue weighted by Gasteiger charge is 2.63. The van der Waals surface area contributed by atoms with Crippen LogP contribution in [-0.2, 0) is 54.2 Å². The number of nitrogens with zero attached hydrogens (tertiary/aromatic N) is 3. The minimum absolute atomic E-state index is 0.152. The minimum Gasteiger partial charge on any atom is -0.497 e. The van der Waals surface area contributed by atoms with E-state index in [-0.39, 0.29) is 5.70 Å². The van der Waals surface area contributed by atoms with Crippen molar-refractivity contribution in [1.29, 1.82) is 0 Å². The topological polar surface area (TPSA) is 171 Å². The molecule has 1 amide bonds. The second-order valence-corrected chi connectivity index (χ2v) is 15.3. The van der Waals surface area contributed by atoms with E-state index in [0.29, 0.717) is 39.3 Å². The van der Waals surface area contributed by atoms with E-state index in [2.05, 4.69) is 10.4 Å². The molecule has 5 rings (SSSR count). The number of halogens is 1. The molecule has 0 spiro atoms. The average Bonchev–Trinajstić information content (AvgIpc) is 3.57. The molecule has 5 atom stereocenters. The van der Waals surface area contributed by atoms with E-state index >= 15 is 4.79 Å². The Bertz CT molecular complexity index is 2210. The summed E-state index contributed by atoms with van der Waals surface area (Å²) in [6, 6.07) is 31.7. The Kier molecular flexibility index (Phi) is 15.5. The van der Waals surface area contributed by atoms with Gasteiger partial charge in [0.15, 0.2) is 18.3 Å². The molecule has 0 fully saturated rings. The monoisotopic (exact) mass is 856 g/mol. The fourth-order valence-corrected chi connectivity index (χ4v) is 8.41. The first-order valence-corrected chi connectivity index (χ1v) is 19.9. The molecule has 0 unspecified atom stereocenters. The van der Waals surface area contributed by atoms with Crippen molar-refractivity contribution in [2.75, 3.05) is 26.1 Å². The first kappa shape index (κ1) is 44.9. The molecule has 4 aromatic rings. The molecule has 1 heterocycles. The smallest absolute Gasteiger partial charge is 0.303 e. The van der Waals surface area contributed by atoms with Crippen molar-refractivity contribution in [3.05, 3.63) is 136 Å². The van der Waals surface area contributed by atoms with Crippen LogP contribution in [0.25, 0.3) is 0 Å². The Hall–Kier alpha value is -6.19. The number of ether oxygens (including phenoxy) is 5. The van der Waals surface area contributed by atoms with Gasteiger partial charge in [0.2, 0.25) is 5.91 Å². The molecule has 0 aromatic heterocycles. The lowest BCUT2D eigenvalue weighted by atomic mass is 9.76. The third-order valence-corrected chi connectivity index (χ3v) is 11.2. The molecule has 14 nitrogen and oxygen atoms in total. The van der Waals surface area contributed by atoms with Gasteiger partial charge in [0.1, 0.15) is 22.8 Å². The lowest BCUT2D eigenvalue weighted by molar-refractivity contribution is -0.193. The van der Waals surface area contributed by atoms with Crippen LogP contribution in [0.15, 0.2) is 130 Å². The van der Waals surface area contributed by atoms with Crippen molar-refractivity contribution in [3.63, 3.8) is 0 Å². The van der Waals surface area contributed by atoms with Gasteiger partial charge in [-0.05, 0) is 59.7 Å². The molecule has 1 aliphatic rings. The quantitative estimate of drug-likeness (QED) is 0.0618. The zero-order chi connectivity index (χ0) is 43.4. The number of rotatable bonds is 17. The molecule has 0 aliphatic carbocycles. The minimum atomic E-state index is -1.81. The fraction of sp³-hybridized carbons (Fsp3) is 0.295. The number of hydrogen-bond donors (Lipinski definition) is 1. The summed E-state index contributed by atoms with van der Waals surface area (Å²) in [5, 5.41) is 13.4. The summed E-state index contributed by atoms with van der Waals surface area (Å²) in [5.41, 5.74) is 2.31. The number of methoxy groups -OCH3 is 1. The highest BCUT2D eigenvalue weighted by molar-refractivity contribution is 8.04. The van der Waals surface area contributed by atoms with Crippen molar-refractivity contribution in [3.8, 4) is 5.75 Å². The molecular weight excluding hydrogens is 812 g/mol. The standard InChI is InChI=1S/C44H45ClN4O10S/c1-27(50)56-26-37(57-28(2)51)40(58-29(3)52)41(59-30(4)53)38-39(48-47-35-19-17-33(45)18-20-35)42(49(5)25-31-13-9-7-10-14-31)60-44(38,32-15-11-8-12-16-32)43(54)46-34-21-23-36(55-6)24-22-34/h7-24,37-38,40-41H,25-26H2,1-6H3,(H,46,54)/t37-,38-,40-,41-,44+/m1/s1. The average molecular weight is 857 g/mol. The molecule has 0 saturated heterocycles. The van der Waals surface area contributed by atoms with Gasteiger partial charge in [0, 0.05) is 52.0 Å². The van der Waals surface area contributed by atoms with Gasteiger partial charge in [-0.2, -0.15) is 10.2 Å². The molecule has 16 heteroatoms. The molecule has 1 aliphatic heterocycles. The zero-order valence-electron chi connectivity index (χ0n) is 33.8. The molecule has 60 heavy (non-hydrogen) atoms. The fourth-order valence-electron chi connectivity index (χ4n) is 6.72. The van der Waals surface area contributed by atoms with Gasteiger partial charge in [0.25, 0.3) is 0 Å². The predicted molar refractivity (Wildman–Crippen MR) is 225 cm³/mol. The number of nitrogens with one attached hydrogen (secondary N) is 1. The third-order valence-electron chi connectivity index (χ3n) is 9.20. The number of hydrogen-bond acceptors (Lipinski definition) is 14. The highest BCUT2D eigenvalue weighted by Crippen LogP contribution is 2.60. The van der Waals surface area contributed by atoms with Gasteiger partial charge in [0.05, 0.1) is 23.7 Å². The maximum Gasteiger partial charge on any atom is 0.303 e. The largest absolute Gasteiger partial charge is 0.497 e. The van der Waals surface area contributed by atoms with Crippen molar-refractivity contribution in [1.82, 2.24) is 4.90 Å². The summed E-state index contributed by atoms with van der Waals surface area (Å²) in [6.45, 7) is 4.27. The molecular formula is C44H45ClN4O10S. The van der Waals surface area contributed by atoms with E-state index in [1.165, 1.54) is 7.11 Å². The highest BCUT2D eigenvalue weighted by atomic mass is 35.5. The number of benzene rings is 4. The summed E-state index contributed by atoms with van der Waals surface area (Å²) >= 11 is 7.34. The summed E-state index contributed by atoms with van der Waals surface area (Å²) in [7, 11) is 3.34. The van der Waals surface area contributed by atoms with E-state index in [9.17, 15) is 19.2 Å². The first-order chi connectivity index (χ1) is 28.7. The number of thioether (sulfide) groups is 1. The van der Waals surface area contributed by atoms with Crippen LogP contribution >= 0.6 is 23.4 Å². The predicted octanol–water partition coefficient (Wildman–Crippen LogP) is 7.99. The lowest BCUT2D eigenvalue weighted by Crippen LogP contribution is -2.56. The maximum atomic E-state index is 15.6. The molecule has 314 valence electrons. The van der Waals surface area contributed by atoms with Crippen LogP contribution in [0, 0.1) is 5.92 Å². The summed E-state index contributed by atoms with van der Waals surface area (Å²) in [5.74, 6) is -4.65. The summed E-state index contributed by atoms with van der Waals surface area (Å²) in [6.07, 6.45) is -4.89. The number of esters is 4. The Morgan fingerprint density at radius 2 is 1.37 bits per heavy atom. The van der Waals surface area contributed by atoms with Crippen LogP contribution < -0.4 is 10.1 Å². The van der Waals surface area contributed by atoms with E-state index < -0.39 is 65.4 Å². The second-order valence-electron chi connectivity index (χ2n) is 13.7. The molecule has 0 bridgehead atoms. The van der Waals surface area contributed by atoms with Crippen LogP contribution in [0.5, 0.6) is 5.75 Å². The van der Waals surface area contributed by atoms with Crippen molar-refractivity contribution < 1.29 is 47.7 Å². The lowest BCUT2D eigenvalue weighted by Gasteiger charge is -2.41. The van der Waals surface area contributed by atoms with Gasteiger partial charge < -0.3 is 33.9 Å². The van der Waals surface area contributed by atoms with Crippen molar-refractivity contribution in [2.24, 2.45) is 16.1 Å². The van der Waals surface area contributed by atoms with Crippen LogP contribution in [0.2, 0.25) is 5.02 Å². The van der Waals surface area contributed by atoms with E-state index in [4.69, 9.17) is 40.4 Å². The van der Waals surface area contributed by atoms with Gasteiger partial charge in [-0.15, -0.1) is 0 Å². The van der Waals surface area contributed by atoms with Crippen LogP contribution in [0.3, 0.4) is 0 Å². The van der Waals surface area contributed by atoms with Crippen molar-refractivity contribution in [2.45, 2.75) is 57.3 Å². The first-order valence-electron chi connectivity index (χ1n) is 18.7. The van der Waals surface area contributed by atoms with Crippen LogP contribution in [0.4, 0.5) is 11.4 Å². The second kappa shape index (κ2) is 20.7. The number of anilines is 1. The Balaban J connectivity index is 1.87. The van der Waals surface area contributed by atoms with Crippen LogP contribution in [0.1, 0.15) is 38.8 Å². The normalized spacial score (nSPS) is 17.6. The number of amides is 1. The molecule has 0 saturated carbocycles. The van der Waals surface area contributed by atoms with Gasteiger partial charge in [-0.25, -0.2) is 0 Å². The van der Waals surface area contributed by atoms with E-state index in [0.717, 1.165) is 45.0 Å². The Labute approximate surface area is 357 Å². The van der Waals surface area contributed by atoms with Crippen molar-refractivity contribution >= 4 is 64.5 Å². The summed E-state index contributed by atoms with van der Waals surface area (Å²) < 4.78 is 26.6. The Morgan fingerprint density at radius 3 is 1.93 bits per heavy atom.